The molecule has 4 aliphatic carbocycles. The van der Waals surface area contributed by atoms with Crippen molar-refractivity contribution in [1.29, 1.82) is 0 Å². The maximum atomic E-state index is 17.6. The summed E-state index contributed by atoms with van der Waals surface area (Å²) in [4.78, 5) is 26.1. The minimum atomic E-state index is -1.90. The number of ether oxygens (including phenoxy) is 3. The van der Waals surface area contributed by atoms with E-state index in [2.05, 4.69) is 17.8 Å². The van der Waals surface area contributed by atoms with E-state index < -0.39 is 58.8 Å². The molecule has 4 fully saturated rings. The van der Waals surface area contributed by atoms with Crippen molar-refractivity contribution in [2.24, 2.45) is 27.8 Å². The molecule has 1 saturated heterocycles. The normalized spacial score (nSPS) is 45.8. The van der Waals surface area contributed by atoms with E-state index in [1.165, 1.54) is 7.11 Å². The van der Waals surface area contributed by atoms with Crippen LogP contribution in [0.2, 0.25) is 0 Å². The molecule has 1 N–H and O–H groups in total. The fourth-order valence-corrected chi connectivity index (χ4v) is 8.61. The van der Waals surface area contributed by atoms with Gasteiger partial charge >= 0.3 is 0 Å². The van der Waals surface area contributed by atoms with Gasteiger partial charge in [-0.3, -0.25) is 4.79 Å². The van der Waals surface area contributed by atoms with Crippen molar-refractivity contribution in [3.05, 3.63) is 64.8 Å². The van der Waals surface area contributed by atoms with Gasteiger partial charge in [-0.1, -0.05) is 60.7 Å². The molecule has 9 atom stereocenters. The number of ketones is 1. The van der Waals surface area contributed by atoms with E-state index in [1.54, 1.807) is 25.2 Å². The summed E-state index contributed by atoms with van der Waals surface area (Å²) in [5, 5.41) is 13.5. The van der Waals surface area contributed by atoms with Gasteiger partial charge in [0.05, 0.1) is 13.2 Å². The van der Waals surface area contributed by atoms with Crippen LogP contribution in [-0.4, -0.2) is 54.3 Å². The molecule has 3 saturated carbocycles. The van der Waals surface area contributed by atoms with E-state index in [0.717, 1.165) is 18.4 Å². The van der Waals surface area contributed by atoms with Gasteiger partial charge in [-0.15, -0.1) is 0 Å². The molecule has 0 spiro atoms. The molecule has 38 heavy (non-hydrogen) atoms. The molecule has 1 heterocycles. The number of methoxy groups -OCH3 is 1. The van der Waals surface area contributed by atoms with E-state index in [4.69, 9.17) is 14.2 Å². The van der Waals surface area contributed by atoms with Crippen molar-refractivity contribution < 1.29 is 28.5 Å². The average molecular weight is 528 g/mol. The lowest BCUT2D eigenvalue weighted by Crippen LogP contribution is -2.69. The van der Waals surface area contributed by atoms with Crippen LogP contribution in [0.4, 0.5) is 4.39 Å². The highest BCUT2D eigenvalue weighted by Crippen LogP contribution is 2.72. The van der Waals surface area contributed by atoms with Crippen LogP contribution < -0.4 is 0 Å². The number of nitrogens with zero attached hydrogens (tertiary/aromatic N) is 1. The summed E-state index contributed by atoms with van der Waals surface area (Å²) in [5.41, 5.74) is -3.77. The molecule has 7 nitrogen and oxygen atoms in total. The lowest BCUT2D eigenvalue weighted by Gasteiger charge is -2.62. The largest absolute Gasteiger partial charge is 0.501 e. The topological polar surface area (TPSA) is 94.4 Å². The monoisotopic (exact) mass is 527 g/mol. The van der Waals surface area contributed by atoms with E-state index in [-0.39, 0.29) is 12.3 Å². The van der Waals surface area contributed by atoms with Crippen LogP contribution in [0.3, 0.4) is 0 Å². The second-order valence-corrected chi connectivity index (χ2v) is 11.8. The van der Waals surface area contributed by atoms with Crippen molar-refractivity contribution in [2.75, 3.05) is 13.7 Å². The fraction of sp³-hybridized carbons (Fsp3) is 0.633. The molecule has 206 valence electrons. The summed E-state index contributed by atoms with van der Waals surface area (Å²) in [5.74, 6) is -0.803. The highest BCUT2D eigenvalue weighted by Gasteiger charge is 2.79. The number of fused-ring (bicyclic) bond motifs is 7. The van der Waals surface area contributed by atoms with Crippen molar-refractivity contribution in [3.8, 4) is 0 Å². The van der Waals surface area contributed by atoms with Crippen LogP contribution in [0.25, 0.3) is 0 Å². The van der Waals surface area contributed by atoms with Crippen LogP contribution in [0.1, 0.15) is 52.9 Å². The molecule has 0 amide bonds. The molecule has 1 aliphatic heterocycles. The number of allylic oxidation sites excluding steroid dienone is 7. The predicted molar refractivity (Wildman–Crippen MR) is 141 cm³/mol. The van der Waals surface area contributed by atoms with Crippen LogP contribution in [-0.2, 0) is 19.0 Å². The van der Waals surface area contributed by atoms with Gasteiger partial charge < -0.3 is 19.3 Å². The summed E-state index contributed by atoms with van der Waals surface area (Å²) in [6.45, 7) is 8.51. The van der Waals surface area contributed by atoms with Gasteiger partial charge in [-0.25, -0.2) is 4.39 Å². The number of carbonyl (C=O) groups excluding carboxylic acids is 1. The second kappa shape index (κ2) is 9.35. The van der Waals surface area contributed by atoms with Crippen molar-refractivity contribution in [1.82, 2.24) is 0 Å². The smallest absolute Gasteiger partial charge is 0.193 e. The Morgan fingerprint density at radius 3 is 2.79 bits per heavy atom. The van der Waals surface area contributed by atoms with Crippen LogP contribution in [0.5, 0.6) is 0 Å². The zero-order valence-corrected chi connectivity index (χ0v) is 22.6. The maximum absolute atomic E-state index is 17.6. The maximum Gasteiger partial charge on any atom is 0.193 e. The minimum absolute atomic E-state index is 0.0218. The quantitative estimate of drug-likeness (QED) is 0.210. The van der Waals surface area contributed by atoms with E-state index >= 15 is 4.39 Å². The number of Topliss-reactive ketones (excluding diaryl/α,β-unsaturated/α-hetero) is 1. The van der Waals surface area contributed by atoms with Crippen molar-refractivity contribution in [3.63, 3.8) is 0 Å². The Bertz CT molecular complexity index is 1160. The summed E-state index contributed by atoms with van der Waals surface area (Å²) in [6, 6.07) is -1.19. The molecule has 8 heteroatoms. The SMILES string of the molecule is C=C/C=C\C(=C(/C)OC)C1O[C@@H]2C[C@H]3C4CCC5=CCC=CC5(C)[C@@]4(F)C(N=O)CC3(C)[C@]2(C(=O)CO)O1. The Labute approximate surface area is 223 Å². The zero-order chi connectivity index (χ0) is 27.5. The number of hydrogen-bond acceptors (Lipinski definition) is 7. The number of rotatable bonds is 7. The molecular weight excluding hydrogens is 489 g/mol. The van der Waals surface area contributed by atoms with Crippen molar-refractivity contribution in [2.45, 2.75) is 82.6 Å². The Hall–Kier alpha value is -2.42. The van der Waals surface area contributed by atoms with E-state index in [0.29, 0.717) is 24.2 Å². The molecule has 0 bridgehead atoms. The molecule has 5 aliphatic rings. The molecular formula is C30H38FNO6. The Balaban J connectivity index is 1.62. The van der Waals surface area contributed by atoms with Gasteiger partial charge in [0.15, 0.2) is 23.3 Å². The Morgan fingerprint density at radius 2 is 2.13 bits per heavy atom. The van der Waals surface area contributed by atoms with Gasteiger partial charge in [-0.05, 0) is 51.9 Å². The number of alkyl halides is 1. The summed E-state index contributed by atoms with van der Waals surface area (Å²) < 4.78 is 36.1. The first-order chi connectivity index (χ1) is 18.1. The first-order valence-electron chi connectivity index (χ1n) is 13.5. The summed E-state index contributed by atoms with van der Waals surface area (Å²) >= 11 is 0. The van der Waals surface area contributed by atoms with Gasteiger partial charge in [0, 0.05) is 22.3 Å². The second-order valence-electron chi connectivity index (χ2n) is 11.8. The third-order valence-electron chi connectivity index (χ3n) is 10.5. The lowest BCUT2D eigenvalue weighted by molar-refractivity contribution is -0.198. The summed E-state index contributed by atoms with van der Waals surface area (Å²) in [6.07, 6.45) is 11.8. The fourth-order valence-electron chi connectivity index (χ4n) is 8.61. The molecule has 0 aromatic carbocycles. The van der Waals surface area contributed by atoms with Crippen LogP contribution >= 0.6 is 0 Å². The first kappa shape index (κ1) is 27.2. The predicted octanol–water partition coefficient (Wildman–Crippen LogP) is 5.27. The van der Waals surface area contributed by atoms with Gasteiger partial charge in [0.25, 0.3) is 0 Å². The first-order valence-corrected chi connectivity index (χ1v) is 13.5. The number of carbonyl (C=O) groups is 1. The summed E-state index contributed by atoms with van der Waals surface area (Å²) in [7, 11) is 1.53. The zero-order valence-electron chi connectivity index (χ0n) is 22.6. The number of halogens is 1. The molecule has 0 aromatic rings. The van der Waals surface area contributed by atoms with Crippen molar-refractivity contribution >= 4 is 5.78 Å². The molecule has 5 unspecified atom stereocenters. The lowest BCUT2D eigenvalue weighted by atomic mass is 9.44. The average Bonchev–Trinajstić information content (AvgIpc) is 3.40. The van der Waals surface area contributed by atoms with Gasteiger partial charge in [0.1, 0.15) is 18.4 Å². The Morgan fingerprint density at radius 1 is 1.37 bits per heavy atom. The minimum Gasteiger partial charge on any atom is -0.501 e. The van der Waals surface area contributed by atoms with Gasteiger partial charge in [-0.2, -0.15) is 4.91 Å². The standard InChI is InChI=1S/C30H38FNO6/c1-6-7-11-20(18(2)36-5)26-37-25-15-22-21-13-12-19-10-8-9-14-27(19,3)29(21,31)23(32-35)16-28(22,4)30(25,38-26)24(34)17-33/h6-7,9-11,14,21-23,25-26,33H,1,8,12-13,15-17H2,2-5H3/b11-7-,20-18-/t21?,22-,23?,25+,26?,27?,28?,29-,30+/m0/s1. The third-order valence-corrected chi connectivity index (χ3v) is 10.5. The number of aliphatic hydroxyl groups excluding tert-OH is 1. The third kappa shape index (κ3) is 3.26. The highest BCUT2D eigenvalue weighted by atomic mass is 19.1. The molecule has 0 radical (unpaired) electrons. The van der Waals surface area contributed by atoms with Crippen LogP contribution in [0.15, 0.2) is 65.1 Å². The van der Waals surface area contributed by atoms with E-state index in [9.17, 15) is 14.8 Å². The molecule has 0 aromatic heterocycles. The number of aliphatic hydroxyl groups is 1. The van der Waals surface area contributed by atoms with E-state index in [1.807, 2.05) is 26.0 Å². The van der Waals surface area contributed by atoms with Gasteiger partial charge in [0.2, 0.25) is 0 Å². The van der Waals surface area contributed by atoms with Crippen LogP contribution in [0, 0.1) is 27.6 Å². The number of nitroso groups, excluding NO2 is 1. The number of hydrogen-bond donors (Lipinski definition) is 1. The Kier molecular flexibility index (Phi) is 6.68. The highest BCUT2D eigenvalue weighted by molar-refractivity contribution is 5.91. The molecule has 5 rings (SSSR count).